The SMILES string of the molecule is CSC1(Sc2nc(C)c(C)n2C)C(C)(C)C(=O)C1(C)C. The number of imidazole rings is 1. The number of Topliss-reactive ketones (excluding diaryl/α,β-unsaturated/α-hetero) is 1. The molecule has 0 aromatic carbocycles. The second-order valence-electron chi connectivity index (χ2n) is 6.63. The van der Waals surface area contributed by atoms with Crippen LogP contribution < -0.4 is 0 Å². The van der Waals surface area contributed by atoms with Crippen molar-refractivity contribution in [3.8, 4) is 0 Å². The van der Waals surface area contributed by atoms with Crippen molar-refractivity contribution in [2.75, 3.05) is 6.26 Å². The minimum Gasteiger partial charge on any atom is -0.326 e. The Balaban J connectivity index is 2.48. The summed E-state index contributed by atoms with van der Waals surface area (Å²) in [7, 11) is 2.05. The standard InChI is InChI=1S/C15H24N2OS2/c1-9-10(2)17(7)12(16-9)20-15(19-8)13(3,4)11(18)14(15,5)6/h1-8H3. The third-order valence-corrected chi connectivity index (χ3v) is 9.08. The molecular weight excluding hydrogens is 288 g/mol. The van der Waals surface area contributed by atoms with E-state index in [9.17, 15) is 4.79 Å². The van der Waals surface area contributed by atoms with E-state index in [2.05, 4.69) is 50.4 Å². The van der Waals surface area contributed by atoms with Crippen LogP contribution in [0.1, 0.15) is 39.1 Å². The maximum atomic E-state index is 12.5. The average molecular weight is 313 g/mol. The zero-order valence-corrected chi connectivity index (χ0v) is 15.3. The molecule has 1 heterocycles. The van der Waals surface area contributed by atoms with Crippen molar-refractivity contribution in [1.29, 1.82) is 0 Å². The first-order valence-electron chi connectivity index (χ1n) is 6.82. The van der Waals surface area contributed by atoms with Crippen LogP contribution in [-0.4, -0.2) is 25.7 Å². The molecule has 0 N–H and O–H groups in total. The summed E-state index contributed by atoms with van der Waals surface area (Å²) in [4.78, 5) is 17.2. The van der Waals surface area contributed by atoms with E-state index in [0.717, 1.165) is 10.9 Å². The van der Waals surface area contributed by atoms with Gasteiger partial charge in [-0.1, -0.05) is 39.5 Å². The number of hydrogen-bond donors (Lipinski definition) is 0. The van der Waals surface area contributed by atoms with Crippen molar-refractivity contribution in [3.63, 3.8) is 0 Å². The Morgan fingerprint density at radius 2 is 1.60 bits per heavy atom. The van der Waals surface area contributed by atoms with Gasteiger partial charge in [0.1, 0.15) is 5.78 Å². The number of carbonyl (C=O) groups excluding carboxylic acids is 1. The first-order valence-corrected chi connectivity index (χ1v) is 8.86. The van der Waals surface area contributed by atoms with Crippen molar-refractivity contribution in [1.82, 2.24) is 9.55 Å². The highest BCUT2D eigenvalue weighted by molar-refractivity contribution is 8.18. The van der Waals surface area contributed by atoms with Crippen molar-refractivity contribution in [2.24, 2.45) is 17.9 Å². The topological polar surface area (TPSA) is 34.9 Å². The fourth-order valence-electron chi connectivity index (χ4n) is 3.51. The molecule has 1 aromatic heterocycles. The minimum atomic E-state index is -0.339. The molecule has 1 aliphatic carbocycles. The van der Waals surface area contributed by atoms with Gasteiger partial charge in [0, 0.05) is 23.6 Å². The Labute approximate surface area is 130 Å². The smallest absolute Gasteiger partial charge is 0.169 e. The first kappa shape index (κ1) is 16.0. The maximum absolute atomic E-state index is 12.5. The Hall–Kier alpha value is -0.420. The Morgan fingerprint density at radius 1 is 1.10 bits per heavy atom. The molecule has 5 heteroatoms. The van der Waals surface area contributed by atoms with E-state index in [1.165, 1.54) is 5.69 Å². The Kier molecular flexibility index (Phi) is 3.62. The highest BCUT2D eigenvalue weighted by atomic mass is 32.2. The molecule has 20 heavy (non-hydrogen) atoms. The number of carbonyl (C=O) groups is 1. The Morgan fingerprint density at radius 3 is 1.95 bits per heavy atom. The third-order valence-electron chi connectivity index (χ3n) is 4.88. The predicted molar refractivity (Wildman–Crippen MR) is 87.4 cm³/mol. The number of ketones is 1. The van der Waals surface area contributed by atoms with Gasteiger partial charge >= 0.3 is 0 Å². The van der Waals surface area contributed by atoms with Gasteiger partial charge in [-0.05, 0) is 20.1 Å². The number of rotatable bonds is 3. The van der Waals surface area contributed by atoms with Crippen LogP contribution in [0.2, 0.25) is 0 Å². The highest BCUT2D eigenvalue weighted by Gasteiger charge is 2.73. The molecule has 2 rings (SSSR count). The summed E-state index contributed by atoms with van der Waals surface area (Å²) in [6.45, 7) is 12.4. The summed E-state index contributed by atoms with van der Waals surface area (Å²) in [5.41, 5.74) is 1.57. The average Bonchev–Trinajstić information content (AvgIpc) is 2.61. The first-order chi connectivity index (χ1) is 9.03. The van der Waals surface area contributed by atoms with Gasteiger partial charge in [-0.3, -0.25) is 4.79 Å². The second-order valence-corrected chi connectivity index (χ2v) is 9.09. The zero-order chi connectivity index (χ0) is 15.5. The Bertz CT molecular complexity index is 555. The largest absolute Gasteiger partial charge is 0.326 e. The molecule has 0 aliphatic heterocycles. The molecule has 1 aromatic rings. The summed E-state index contributed by atoms with van der Waals surface area (Å²) in [6, 6.07) is 0. The van der Waals surface area contributed by atoms with Gasteiger partial charge in [0.05, 0.1) is 9.77 Å². The van der Waals surface area contributed by atoms with Crippen LogP contribution in [0.5, 0.6) is 0 Å². The van der Waals surface area contributed by atoms with Crippen LogP contribution in [0.25, 0.3) is 0 Å². The van der Waals surface area contributed by atoms with Crippen molar-refractivity contribution in [2.45, 2.75) is 50.8 Å². The molecule has 0 atom stereocenters. The summed E-state index contributed by atoms with van der Waals surface area (Å²) in [5.74, 6) is 0.342. The monoisotopic (exact) mass is 312 g/mol. The summed E-state index contributed by atoms with van der Waals surface area (Å²) < 4.78 is 1.96. The molecule has 3 nitrogen and oxygen atoms in total. The molecule has 0 spiro atoms. The molecule has 0 bridgehead atoms. The summed E-state index contributed by atoms with van der Waals surface area (Å²) >= 11 is 3.54. The molecule has 0 saturated heterocycles. The lowest BCUT2D eigenvalue weighted by atomic mass is 9.53. The van der Waals surface area contributed by atoms with Crippen LogP contribution in [0.4, 0.5) is 0 Å². The lowest BCUT2D eigenvalue weighted by Gasteiger charge is -2.63. The van der Waals surface area contributed by atoms with Crippen LogP contribution in [-0.2, 0) is 11.8 Å². The van der Waals surface area contributed by atoms with Gasteiger partial charge in [-0.25, -0.2) is 4.98 Å². The number of thioether (sulfide) groups is 2. The molecule has 112 valence electrons. The van der Waals surface area contributed by atoms with E-state index in [1.54, 1.807) is 23.5 Å². The molecule has 0 unspecified atom stereocenters. The van der Waals surface area contributed by atoms with Gasteiger partial charge in [0.2, 0.25) is 0 Å². The van der Waals surface area contributed by atoms with Crippen LogP contribution in [0.15, 0.2) is 5.16 Å². The van der Waals surface area contributed by atoms with E-state index in [0.29, 0.717) is 5.78 Å². The normalized spacial score (nSPS) is 22.7. The minimum absolute atomic E-state index is 0.172. The molecule has 1 fully saturated rings. The zero-order valence-electron chi connectivity index (χ0n) is 13.6. The second kappa shape index (κ2) is 4.54. The quantitative estimate of drug-likeness (QED) is 0.795. The van der Waals surface area contributed by atoms with E-state index in [1.807, 2.05) is 14.0 Å². The molecular formula is C15H24N2OS2. The molecule has 0 radical (unpaired) electrons. The maximum Gasteiger partial charge on any atom is 0.169 e. The predicted octanol–water partition coefficient (Wildman–Crippen LogP) is 3.82. The van der Waals surface area contributed by atoms with Crippen molar-refractivity contribution in [3.05, 3.63) is 11.4 Å². The third kappa shape index (κ3) is 1.68. The number of hydrogen-bond acceptors (Lipinski definition) is 4. The molecule has 1 aliphatic rings. The lowest BCUT2D eigenvalue weighted by Crippen LogP contribution is -2.70. The molecule has 1 saturated carbocycles. The number of aryl methyl sites for hydroxylation is 1. The lowest BCUT2D eigenvalue weighted by molar-refractivity contribution is -0.152. The fourth-order valence-corrected chi connectivity index (χ4v) is 6.68. The van der Waals surface area contributed by atoms with E-state index in [-0.39, 0.29) is 14.9 Å². The van der Waals surface area contributed by atoms with Crippen LogP contribution in [0.3, 0.4) is 0 Å². The number of nitrogens with zero attached hydrogens (tertiary/aromatic N) is 2. The summed E-state index contributed by atoms with van der Waals surface area (Å²) in [5, 5.41) is 1.00. The van der Waals surface area contributed by atoms with Gasteiger partial charge < -0.3 is 4.57 Å². The van der Waals surface area contributed by atoms with E-state index >= 15 is 0 Å². The van der Waals surface area contributed by atoms with Crippen LogP contribution >= 0.6 is 23.5 Å². The van der Waals surface area contributed by atoms with E-state index in [4.69, 9.17) is 0 Å². The van der Waals surface area contributed by atoms with Crippen molar-refractivity contribution < 1.29 is 4.79 Å². The van der Waals surface area contributed by atoms with Gasteiger partial charge in [-0.15, -0.1) is 11.8 Å². The van der Waals surface area contributed by atoms with E-state index < -0.39 is 0 Å². The van der Waals surface area contributed by atoms with Gasteiger partial charge in [0.25, 0.3) is 0 Å². The van der Waals surface area contributed by atoms with Crippen LogP contribution in [0, 0.1) is 24.7 Å². The van der Waals surface area contributed by atoms with Gasteiger partial charge in [0.15, 0.2) is 5.16 Å². The fraction of sp³-hybridized carbons (Fsp3) is 0.733. The van der Waals surface area contributed by atoms with Crippen molar-refractivity contribution >= 4 is 29.3 Å². The number of aromatic nitrogens is 2. The molecule has 0 amide bonds. The van der Waals surface area contributed by atoms with Gasteiger partial charge in [-0.2, -0.15) is 0 Å². The highest BCUT2D eigenvalue weighted by Crippen LogP contribution is 2.71. The summed E-state index contributed by atoms with van der Waals surface area (Å²) in [6.07, 6.45) is 2.10.